The van der Waals surface area contributed by atoms with Crippen molar-refractivity contribution in [3.05, 3.63) is 0 Å². The fourth-order valence-corrected chi connectivity index (χ4v) is 13.5. The average Bonchev–Trinajstić information content (AvgIpc) is 3.53. The van der Waals surface area contributed by atoms with Gasteiger partial charge in [0.25, 0.3) is 0 Å². The maximum atomic E-state index is 12.6. The summed E-state index contributed by atoms with van der Waals surface area (Å²) in [5, 5.41) is 23.4. The van der Waals surface area contributed by atoms with Gasteiger partial charge in [0, 0.05) is 12.8 Å². The first kappa shape index (κ1) is 85.9. The molecule has 0 bridgehead atoms. The highest BCUT2D eigenvalue weighted by Gasteiger charge is 2.20. The lowest BCUT2D eigenvalue weighted by Gasteiger charge is -2.22. The molecule has 0 rings (SSSR count). The Balaban J connectivity index is 3.28. The third-order valence-electron chi connectivity index (χ3n) is 19.7. The number of hydrogen-bond donors (Lipinski definition) is 3. The third kappa shape index (κ3) is 73.8. The molecule has 0 aromatic carbocycles. The molecular weight excluding hydrogens is 1070 g/mol. The molecule has 0 fully saturated rings. The average molecular weight is 1230 g/mol. The van der Waals surface area contributed by atoms with E-state index in [1.807, 2.05) is 0 Å². The van der Waals surface area contributed by atoms with Crippen LogP contribution < -0.4 is 5.32 Å². The number of ether oxygens (including phenoxy) is 1. The van der Waals surface area contributed by atoms with Gasteiger partial charge in [-0.1, -0.05) is 444 Å². The molecule has 0 saturated carbocycles. The molecule has 3 N–H and O–H groups in total. The molecule has 0 saturated heterocycles. The molecule has 0 aromatic heterocycles. The predicted molar refractivity (Wildman–Crippen MR) is 384 cm³/mol. The van der Waals surface area contributed by atoms with Gasteiger partial charge in [-0.2, -0.15) is 0 Å². The lowest BCUT2D eigenvalue weighted by atomic mass is 10.0. The van der Waals surface area contributed by atoms with E-state index in [1.165, 1.54) is 411 Å². The van der Waals surface area contributed by atoms with Gasteiger partial charge in [0.05, 0.1) is 25.4 Å². The Morgan fingerprint density at radius 3 is 0.701 bits per heavy atom. The van der Waals surface area contributed by atoms with Crippen molar-refractivity contribution in [1.29, 1.82) is 0 Å². The second-order valence-corrected chi connectivity index (χ2v) is 28.5. The molecule has 0 aliphatic heterocycles. The minimum absolute atomic E-state index is 0.0231. The monoisotopic (exact) mass is 1230 g/mol. The number of nitrogens with one attached hydrogen (secondary N) is 1. The smallest absolute Gasteiger partial charge is 0.305 e. The molecule has 520 valence electrons. The third-order valence-corrected chi connectivity index (χ3v) is 19.7. The van der Waals surface area contributed by atoms with E-state index in [-0.39, 0.29) is 18.5 Å². The van der Waals surface area contributed by atoms with Crippen molar-refractivity contribution in [3.63, 3.8) is 0 Å². The van der Waals surface area contributed by atoms with Crippen LogP contribution in [-0.2, 0) is 14.3 Å². The first-order chi connectivity index (χ1) is 43.0. The number of amides is 1. The van der Waals surface area contributed by atoms with E-state index in [0.717, 1.165) is 38.5 Å². The number of carbonyl (C=O) groups is 2. The maximum absolute atomic E-state index is 12.6. The maximum Gasteiger partial charge on any atom is 0.305 e. The second kappa shape index (κ2) is 77.3. The lowest BCUT2D eigenvalue weighted by Crippen LogP contribution is -2.45. The molecule has 0 spiro atoms. The summed E-state index contributed by atoms with van der Waals surface area (Å²) in [5.74, 6) is 0.00292. The number of carbonyl (C=O) groups excluding carboxylic acids is 2. The van der Waals surface area contributed by atoms with Crippen LogP contribution in [0.5, 0.6) is 0 Å². The fourth-order valence-electron chi connectivity index (χ4n) is 13.5. The van der Waals surface area contributed by atoms with Gasteiger partial charge in [0.15, 0.2) is 0 Å². The normalized spacial score (nSPS) is 12.4. The number of rotatable bonds is 78. The largest absolute Gasteiger partial charge is 0.466 e. The molecule has 1 amide bonds. The number of esters is 1. The molecule has 87 heavy (non-hydrogen) atoms. The number of unbranched alkanes of at least 4 members (excludes halogenated alkanes) is 67. The van der Waals surface area contributed by atoms with Crippen LogP contribution in [0.3, 0.4) is 0 Å². The first-order valence-electron chi connectivity index (χ1n) is 40.8. The number of aliphatic hydroxyl groups excluding tert-OH is 2. The van der Waals surface area contributed by atoms with E-state index in [0.29, 0.717) is 25.9 Å². The van der Waals surface area contributed by atoms with E-state index in [4.69, 9.17) is 4.74 Å². The Morgan fingerprint density at radius 1 is 0.276 bits per heavy atom. The van der Waals surface area contributed by atoms with Gasteiger partial charge in [0.2, 0.25) is 5.91 Å². The molecule has 0 aromatic rings. The van der Waals surface area contributed by atoms with E-state index in [1.54, 1.807) is 0 Å². The van der Waals surface area contributed by atoms with Crippen molar-refractivity contribution in [2.24, 2.45) is 0 Å². The zero-order valence-electron chi connectivity index (χ0n) is 59.8. The van der Waals surface area contributed by atoms with Crippen LogP contribution in [0, 0.1) is 0 Å². The summed E-state index contributed by atoms with van der Waals surface area (Å²) in [6.07, 6.45) is 96.5. The van der Waals surface area contributed by atoms with Crippen LogP contribution in [0.4, 0.5) is 0 Å². The van der Waals surface area contributed by atoms with Gasteiger partial charge in [-0.05, 0) is 25.7 Å². The molecule has 0 aliphatic rings. The predicted octanol–water partition coefficient (Wildman–Crippen LogP) is 26.9. The lowest BCUT2D eigenvalue weighted by molar-refractivity contribution is -0.143. The fraction of sp³-hybridized carbons (Fsp3) is 0.975. The van der Waals surface area contributed by atoms with Gasteiger partial charge in [0.1, 0.15) is 0 Å². The van der Waals surface area contributed by atoms with Gasteiger partial charge >= 0.3 is 5.97 Å². The van der Waals surface area contributed by atoms with Crippen LogP contribution in [0.25, 0.3) is 0 Å². The number of hydrogen-bond acceptors (Lipinski definition) is 5. The summed E-state index contributed by atoms with van der Waals surface area (Å²) in [6.45, 7) is 5.01. The zero-order chi connectivity index (χ0) is 62.8. The summed E-state index contributed by atoms with van der Waals surface area (Å²) in [7, 11) is 0. The van der Waals surface area contributed by atoms with Crippen molar-refractivity contribution in [2.45, 2.75) is 495 Å². The minimum atomic E-state index is -0.660. The summed E-state index contributed by atoms with van der Waals surface area (Å²) < 4.78 is 5.49. The van der Waals surface area contributed by atoms with Crippen LogP contribution in [0.1, 0.15) is 483 Å². The zero-order valence-corrected chi connectivity index (χ0v) is 59.8. The SMILES string of the molecule is CCCCCCCCCCCCCCCCCCCCCC(O)C(CO)NC(=O)CCCCCCCCCCCCCCCCCCCCCCCCCCCCCCCCCCCCCCCCCOC(=O)CCCCCCCCCCCCCC. The standard InChI is InChI=1S/C81H161NO5/c1-3-5-7-9-11-13-15-17-18-19-41-44-47-50-53-57-61-65-69-73-79(84)78(77-83)82-80(85)74-70-66-62-58-54-51-48-45-42-39-37-35-33-31-29-27-25-23-21-20-22-24-26-28-30-32-34-36-38-40-43-46-49-52-56-60-64-68-72-76-87-81(86)75-71-67-63-59-55-16-14-12-10-8-6-4-2/h78-79,83-84H,3-77H2,1-2H3,(H,82,85). The Labute approximate surface area is 547 Å². The molecule has 6 heteroatoms. The molecule has 2 unspecified atom stereocenters. The van der Waals surface area contributed by atoms with E-state index >= 15 is 0 Å². The quantitative estimate of drug-likeness (QED) is 0.0417. The highest BCUT2D eigenvalue weighted by molar-refractivity contribution is 5.76. The van der Waals surface area contributed by atoms with Gasteiger partial charge < -0.3 is 20.3 Å². The molecule has 2 atom stereocenters. The van der Waals surface area contributed by atoms with Crippen LogP contribution in [-0.4, -0.2) is 47.4 Å². The second-order valence-electron chi connectivity index (χ2n) is 28.5. The van der Waals surface area contributed by atoms with Crippen LogP contribution in [0.2, 0.25) is 0 Å². The topological polar surface area (TPSA) is 95.9 Å². The summed E-state index contributed by atoms with van der Waals surface area (Å²) >= 11 is 0. The molecule has 6 nitrogen and oxygen atoms in total. The van der Waals surface area contributed by atoms with Gasteiger partial charge in [-0.25, -0.2) is 0 Å². The Hall–Kier alpha value is -1.14. The highest BCUT2D eigenvalue weighted by atomic mass is 16.5. The highest BCUT2D eigenvalue weighted by Crippen LogP contribution is 2.21. The van der Waals surface area contributed by atoms with E-state index < -0.39 is 12.1 Å². The summed E-state index contributed by atoms with van der Waals surface area (Å²) in [6, 6.07) is -0.536. The Kier molecular flexibility index (Phi) is 76.3. The van der Waals surface area contributed by atoms with Gasteiger partial charge in [-0.15, -0.1) is 0 Å². The van der Waals surface area contributed by atoms with Crippen molar-refractivity contribution in [2.75, 3.05) is 13.2 Å². The summed E-state index contributed by atoms with van der Waals surface area (Å²) in [5.41, 5.74) is 0. The van der Waals surface area contributed by atoms with Crippen molar-refractivity contribution < 1.29 is 24.5 Å². The minimum Gasteiger partial charge on any atom is -0.466 e. The molecule has 0 heterocycles. The van der Waals surface area contributed by atoms with Crippen LogP contribution >= 0.6 is 0 Å². The van der Waals surface area contributed by atoms with Crippen molar-refractivity contribution in [3.8, 4) is 0 Å². The summed E-state index contributed by atoms with van der Waals surface area (Å²) in [4.78, 5) is 24.6. The van der Waals surface area contributed by atoms with E-state index in [2.05, 4.69) is 19.2 Å². The van der Waals surface area contributed by atoms with Crippen LogP contribution in [0.15, 0.2) is 0 Å². The number of aliphatic hydroxyl groups is 2. The molecule has 0 aliphatic carbocycles. The van der Waals surface area contributed by atoms with Crippen molar-refractivity contribution >= 4 is 11.9 Å². The molecular formula is C81H161NO5. The molecule has 0 radical (unpaired) electrons. The van der Waals surface area contributed by atoms with E-state index in [9.17, 15) is 19.8 Å². The Bertz CT molecular complexity index is 1280. The van der Waals surface area contributed by atoms with Crippen molar-refractivity contribution in [1.82, 2.24) is 5.32 Å². The first-order valence-corrected chi connectivity index (χ1v) is 40.8. The Morgan fingerprint density at radius 2 is 0.471 bits per heavy atom. The van der Waals surface area contributed by atoms with Gasteiger partial charge in [-0.3, -0.25) is 9.59 Å².